The van der Waals surface area contributed by atoms with Gasteiger partial charge in [-0.05, 0) is 42.8 Å². The molecule has 1 amide bonds. The van der Waals surface area contributed by atoms with Gasteiger partial charge in [0.05, 0.1) is 5.75 Å². The van der Waals surface area contributed by atoms with Gasteiger partial charge < -0.3 is 14.2 Å². The maximum absolute atomic E-state index is 13.0. The van der Waals surface area contributed by atoms with Gasteiger partial charge in [0.25, 0.3) is 0 Å². The average molecular weight is 459 g/mol. The summed E-state index contributed by atoms with van der Waals surface area (Å²) >= 11 is 1.44. The highest BCUT2D eigenvalue weighted by molar-refractivity contribution is 7.99. The first-order valence-corrected chi connectivity index (χ1v) is 12.3. The van der Waals surface area contributed by atoms with Crippen LogP contribution in [0.3, 0.4) is 0 Å². The molecular weight excluding hydrogens is 432 g/mol. The number of aryl methyl sites for hydroxylation is 1. The monoisotopic (exact) mass is 458 g/mol. The number of rotatable bonds is 7. The fourth-order valence-corrected chi connectivity index (χ4v) is 5.21. The van der Waals surface area contributed by atoms with Crippen molar-refractivity contribution in [1.29, 1.82) is 0 Å². The molecule has 4 aromatic rings. The number of anilines is 1. The summed E-state index contributed by atoms with van der Waals surface area (Å²) in [4.78, 5) is 14.9. The van der Waals surface area contributed by atoms with E-state index in [2.05, 4.69) is 41.4 Å². The zero-order valence-corrected chi connectivity index (χ0v) is 19.4. The first kappa shape index (κ1) is 21.5. The van der Waals surface area contributed by atoms with Crippen molar-refractivity contribution in [1.82, 2.24) is 14.8 Å². The summed E-state index contributed by atoms with van der Waals surface area (Å²) in [5.41, 5.74) is 2.28. The fraction of sp³-hybridized carbons (Fsp3) is 0.269. The quantitative estimate of drug-likeness (QED) is 0.361. The number of nitrogens with zero attached hydrogens (tertiary/aromatic N) is 4. The maximum Gasteiger partial charge on any atom is 0.237 e. The normalized spacial score (nSPS) is 13.2. The van der Waals surface area contributed by atoms with E-state index in [0.29, 0.717) is 18.9 Å². The largest absolute Gasteiger partial charge is 0.485 e. The van der Waals surface area contributed by atoms with Gasteiger partial charge in [0.15, 0.2) is 11.0 Å². The number of carbonyl (C=O) groups excluding carboxylic acids is 1. The molecule has 0 bridgehead atoms. The van der Waals surface area contributed by atoms with Gasteiger partial charge in [0, 0.05) is 24.2 Å². The van der Waals surface area contributed by atoms with Crippen LogP contribution in [0.25, 0.3) is 10.8 Å². The highest BCUT2D eigenvalue weighted by Gasteiger charge is 2.23. The molecule has 2 heterocycles. The summed E-state index contributed by atoms with van der Waals surface area (Å²) in [5, 5.41) is 11.7. The summed E-state index contributed by atoms with van der Waals surface area (Å²) in [7, 11) is 0. The smallest absolute Gasteiger partial charge is 0.237 e. The number of amides is 1. The molecule has 0 aliphatic carbocycles. The molecule has 0 saturated heterocycles. The highest BCUT2D eigenvalue weighted by Crippen LogP contribution is 2.29. The van der Waals surface area contributed by atoms with E-state index in [-0.39, 0.29) is 5.91 Å². The van der Waals surface area contributed by atoms with Gasteiger partial charge in [-0.15, -0.1) is 10.2 Å². The van der Waals surface area contributed by atoms with Crippen LogP contribution >= 0.6 is 11.8 Å². The minimum atomic E-state index is 0.103. The Hall–Kier alpha value is -3.32. The Balaban J connectivity index is 1.26. The van der Waals surface area contributed by atoms with E-state index in [0.717, 1.165) is 52.6 Å². The summed E-state index contributed by atoms with van der Waals surface area (Å²) < 4.78 is 8.13. The fourth-order valence-electron chi connectivity index (χ4n) is 4.31. The zero-order chi connectivity index (χ0) is 22.6. The van der Waals surface area contributed by atoms with Crippen molar-refractivity contribution in [3.05, 3.63) is 78.1 Å². The standard InChI is InChI=1S/C26H26N4O2S/c1-2-29-24(17-32-23-15-7-11-19-9-3-5-13-21(19)23)27-28-26(29)33-18-25(31)30-16-8-12-20-10-4-6-14-22(20)30/h3-7,9-11,13-15H,2,8,12,16-18H2,1H3. The molecule has 168 valence electrons. The van der Waals surface area contributed by atoms with Crippen LogP contribution < -0.4 is 9.64 Å². The molecule has 1 aliphatic rings. The maximum atomic E-state index is 13.0. The van der Waals surface area contributed by atoms with Gasteiger partial charge in [0.1, 0.15) is 12.4 Å². The van der Waals surface area contributed by atoms with Gasteiger partial charge in [-0.25, -0.2) is 0 Å². The van der Waals surface area contributed by atoms with E-state index in [1.165, 1.54) is 17.3 Å². The van der Waals surface area contributed by atoms with E-state index in [1.807, 2.05) is 51.9 Å². The lowest BCUT2D eigenvalue weighted by molar-refractivity contribution is -0.116. The Labute approximate surface area is 197 Å². The zero-order valence-electron chi connectivity index (χ0n) is 18.6. The van der Waals surface area contributed by atoms with Crippen molar-refractivity contribution in [2.75, 3.05) is 17.2 Å². The summed E-state index contributed by atoms with van der Waals surface area (Å²) in [6.07, 6.45) is 2.02. The lowest BCUT2D eigenvalue weighted by Gasteiger charge is -2.29. The number of ether oxygens (including phenoxy) is 1. The van der Waals surface area contributed by atoms with Crippen LogP contribution in [-0.4, -0.2) is 33.0 Å². The molecule has 0 atom stereocenters. The van der Waals surface area contributed by atoms with Crippen molar-refractivity contribution < 1.29 is 9.53 Å². The van der Waals surface area contributed by atoms with Crippen LogP contribution in [0.5, 0.6) is 5.75 Å². The minimum Gasteiger partial charge on any atom is -0.485 e. The Morgan fingerprint density at radius 1 is 1.03 bits per heavy atom. The number of thioether (sulfide) groups is 1. The number of aromatic nitrogens is 3. The Bertz CT molecular complexity index is 1280. The molecule has 0 N–H and O–H groups in total. The Morgan fingerprint density at radius 3 is 2.76 bits per heavy atom. The predicted octanol–water partition coefficient (Wildman–Crippen LogP) is 5.10. The second-order valence-electron chi connectivity index (χ2n) is 7.98. The first-order chi connectivity index (χ1) is 16.2. The van der Waals surface area contributed by atoms with E-state index < -0.39 is 0 Å². The number of para-hydroxylation sites is 1. The minimum absolute atomic E-state index is 0.103. The van der Waals surface area contributed by atoms with Gasteiger partial charge in [0.2, 0.25) is 5.91 Å². The van der Waals surface area contributed by atoms with Gasteiger partial charge >= 0.3 is 0 Å². The molecule has 1 aliphatic heterocycles. The predicted molar refractivity (Wildman–Crippen MR) is 132 cm³/mol. The Kier molecular flexibility index (Phi) is 6.30. The molecule has 0 fully saturated rings. The summed E-state index contributed by atoms with van der Waals surface area (Å²) in [5.74, 6) is 2.01. The summed E-state index contributed by atoms with van der Waals surface area (Å²) in [6.45, 7) is 3.85. The third kappa shape index (κ3) is 4.46. The number of fused-ring (bicyclic) bond motifs is 2. The highest BCUT2D eigenvalue weighted by atomic mass is 32.2. The lowest BCUT2D eigenvalue weighted by Crippen LogP contribution is -2.36. The summed E-state index contributed by atoms with van der Waals surface area (Å²) in [6, 6.07) is 22.4. The van der Waals surface area contributed by atoms with Crippen molar-refractivity contribution >= 4 is 34.1 Å². The van der Waals surface area contributed by atoms with Gasteiger partial charge in [-0.3, -0.25) is 4.79 Å². The number of hydrogen-bond donors (Lipinski definition) is 0. The van der Waals surface area contributed by atoms with Crippen LogP contribution in [0, 0.1) is 0 Å². The molecule has 33 heavy (non-hydrogen) atoms. The van der Waals surface area contributed by atoms with E-state index in [1.54, 1.807) is 0 Å². The number of hydrogen-bond acceptors (Lipinski definition) is 5. The van der Waals surface area contributed by atoms with Crippen molar-refractivity contribution in [2.45, 2.75) is 38.1 Å². The molecule has 0 saturated carbocycles. The molecule has 0 radical (unpaired) electrons. The van der Waals surface area contributed by atoms with Crippen molar-refractivity contribution in [3.63, 3.8) is 0 Å². The molecule has 3 aromatic carbocycles. The number of carbonyl (C=O) groups is 1. The SMILES string of the molecule is CCn1c(COc2cccc3ccccc23)nnc1SCC(=O)N1CCCc2ccccc21. The van der Waals surface area contributed by atoms with Crippen molar-refractivity contribution in [3.8, 4) is 5.75 Å². The van der Waals surface area contributed by atoms with Crippen LogP contribution in [0.1, 0.15) is 24.7 Å². The van der Waals surface area contributed by atoms with Crippen molar-refractivity contribution in [2.24, 2.45) is 0 Å². The molecule has 0 unspecified atom stereocenters. The molecule has 5 rings (SSSR count). The van der Waals surface area contributed by atoms with Crippen LogP contribution in [0.2, 0.25) is 0 Å². The molecular formula is C26H26N4O2S. The third-order valence-electron chi connectivity index (χ3n) is 5.95. The van der Waals surface area contributed by atoms with Crippen LogP contribution in [0.15, 0.2) is 71.9 Å². The van der Waals surface area contributed by atoms with E-state index in [4.69, 9.17) is 4.74 Å². The molecule has 7 heteroatoms. The molecule has 0 spiro atoms. The third-order valence-corrected chi connectivity index (χ3v) is 6.90. The van der Waals surface area contributed by atoms with E-state index >= 15 is 0 Å². The lowest BCUT2D eigenvalue weighted by atomic mass is 10.0. The van der Waals surface area contributed by atoms with Crippen LogP contribution in [-0.2, 0) is 24.4 Å². The Morgan fingerprint density at radius 2 is 1.85 bits per heavy atom. The van der Waals surface area contributed by atoms with Gasteiger partial charge in [-0.2, -0.15) is 0 Å². The molecule has 6 nitrogen and oxygen atoms in total. The van der Waals surface area contributed by atoms with E-state index in [9.17, 15) is 4.79 Å². The second kappa shape index (κ2) is 9.67. The van der Waals surface area contributed by atoms with Crippen LogP contribution in [0.4, 0.5) is 5.69 Å². The number of benzene rings is 3. The van der Waals surface area contributed by atoms with Gasteiger partial charge in [-0.1, -0.05) is 66.4 Å². The second-order valence-corrected chi connectivity index (χ2v) is 8.92. The molecule has 1 aromatic heterocycles. The topological polar surface area (TPSA) is 60.2 Å². The first-order valence-electron chi connectivity index (χ1n) is 11.3. The average Bonchev–Trinajstić information content (AvgIpc) is 3.27.